The molecule has 0 radical (unpaired) electrons. The molecule has 0 aliphatic carbocycles. The van der Waals surface area contributed by atoms with E-state index in [1.165, 1.54) is 11.1 Å². The van der Waals surface area contributed by atoms with E-state index in [9.17, 15) is 0 Å². The minimum atomic E-state index is 0.135. The van der Waals surface area contributed by atoms with E-state index in [1.807, 2.05) is 36.4 Å². The molecule has 4 nitrogen and oxygen atoms in total. The molecular weight excluding hydrogens is 418 g/mol. The largest absolute Gasteiger partial charge is 0.494 e. The third kappa shape index (κ3) is 4.91. The van der Waals surface area contributed by atoms with Crippen LogP contribution in [0.4, 0.5) is 0 Å². The number of hydrogen-bond donors (Lipinski definition) is 1. The van der Waals surface area contributed by atoms with E-state index in [-0.39, 0.29) is 5.41 Å². The van der Waals surface area contributed by atoms with Crippen LogP contribution in [0.15, 0.2) is 72.8 Å². The standard InChI is InChI=1S/C27H30ClN3O/c1-27(2,3)21-11-9-20(10-12-21)19-31-25-8-5-4-7-24(25)30(26(31)29)17-6-18-32-23-15-13-22(28)14-16-23/h4-5,7-16,29H,6,17-19H2,1-3H3. The van der Waals surface area contributed by atoms with Crippen LogP contribution in [-0.2, 0) is 18.5 Å². The first-order valence-electron chi connectivity index (χ1n) is 11.0. The second-order valence-electron chi connectivity index (χ2n) is 9.15. The second-order valence-corrected chi connectivity index (χ2v) is 9.59. The number of hydrogen-bond acceptors (Lipinski definition) is 2. The van der Waals surface area contributed by atoms with Gasteiger partial charge in [-0.1, -0.05) is 68.8 Å². The fourth-order valence-corrected chi connectivity index (χ4v) is 4.04. The highest BCUT2D eigenvalue weighted by atomic mass is 35.5. The first kappa shape index (κ1) is 22.2. The number of rotatable bonds is 7. The number of nitrogens with zero attached hydrogens (tertiary/aromatic N) is 2. The molecule has 1 heterocycles. The molecule has 166 valence electrons. The molecule has 0 unspecified atom stereocenters. The molecular formula is C27H30ClN3O. The fourth-order valence-electron chi connectivity index (χ4n) is 3.92. The highest BCUT2D eigenvalue weighted by Crippen LogP contribution is 2.23. The van der Waals surface area contributed by atoms with Crippen molar-refractivity contribution < 1.29 is 4.74 Å². The zero-order chi connectivity index (χ0) is 22.7. The van der Waals surface area contributed by atoms with Gasteiger partial charge >= 0.3 is 0 Å². The van der Waals surface area contributed by atoms with Crippen molar-refractivity contribution in [3.63, 3.8) is 0 Å². The molecule has 3 aromatic carbocycles. The van der Waals surface area contributed by atoms with E-state index in [4.69, 9.17) is 21.7 Å². The van der Waals surface area contributed by atoms with Gasteiger partial charge in [0.1, 0.15) is 5.75 Å². The van der Waals surface area contributed by atoms with Gasteiger partial charge in [0.05, 0.1) is 24.2 Å². The first-order chi connectivity index (χ1) is 15.3. The van der Waals surface area contributed by atoms with E-state index < -0.39 is 0 Å². The Hall–Kier alpha value is -2.98. The normalized spacial score (nSPS) is 11.8. The number of aryl methyl sites for hydroxylation is 1. The number of ether oxygens (including phenoxy) is 1. The number of para-hydroxylation sites is 2. The van der Waals surface area contributed by atoms with Crippen LogP contribution in [0.2, 0.25) is 5.02 Å². The Labute approximate surface area is 194 Å². The summed E-state index contributed by atoms with van der Waals surface area (Å²) in [5, 5.41) is 9.56. The van der Waals surface area contributed by atoms with E-state index in [0.717, 1.165) is 29.7 Å². The third-order valence-electron chi connectivity index (χ3n) is 5.74. The van der Waals surface area contributed by atoms with Gasteiger partial charge in [0.2, 0.25) is 5.62 Å². The van der Waals surface area contributed by atoms with Crippen molar-refractivity contribution in [2.75, 3.05) is 6.61 Å². The molecule has 0 amide bonds. The summed E-state index contributed by atoms with van der Waals surface area (Å²) in [6.45, 7) is 8.66. The van der Waals surface area contributed by atoms with Crippen LogP contribution in [0.5, 0.6) is 5.75 Å². The predicted molar refractivity (Wildman–Crippen MR) is 132 cm³/mol. The number of aromatic nitrogens is 2. The molecule has 32 heavy (non-hydrogen) atoms. The van der Waals surface area contributed by atoms with Gasteiger partial charge in [0.15, 0.2) is 0 Å². The molecule has 4 rings (SSSR count). The van der Waals surface area contributed by atoms with Crippen LogP contribution in [0.25, 0.3) is 11.0 Å². The topological polar surface area (TPSA) is 42.9 Å². The summed E-state index contributed by atoms with van der Waals surface area (Å²) in [6, 6.07) is 24.4. The van der Waals surface area contributed by atoms with Crippen molar-refractivity contribution in [2.45, 2.75) is 45.7 Å². The van der Waals surface area contributed by atoms with Crippen LogP contribution in [0, 0.1) is 5.41 Å². The Kier molecular flexibility index (Phi) is 6.43. The quantitative estimate of drug-likeness (QED) is 0.327. The summed E-state index contributed by atoms with van der Waals surface area (Å²) in [4.78, 5) is 0. The molecule has 0 saturated heterocycles. The minimum Gasteiger partial charge on any atom is -0.494 e. The first-order valence-corrected chi connectivity index (χ1v) is 11.4. The third-order valence-corrected chi connectivity index (χ3v) is 6.00. The number of benzene rings is 3. The molecule has 0 atom stereocenters. The van der Waals surface area contributed by atoms with Crippen LogP contribution in [-0.4, -0.2) is 15.7 Å². The van der Waals surface area contributed by atoms with Gasteiger partial charge in [0, 0.05) is 11.6 Å². The molecule has 0 aliphatic rings. The van der Waals surface area contributed by atoms with E-state index in [1.54, 1.807) is 0 Å². The highest BCUT2D eigenvalue weighted by molar-refractivity contribution is 6.30. The maximum atomic E-state index is 8.86. The van der Waals surface area contributed by atoms with Gasteiger partial charge in [-0.15, -0.1) is 0 Å². The molecule has 5 heteroatoms. The Morgan fingerprint density at radius 3 is 2.09 bits per heavy atom. The molecule has 0 saturated carbocycles. The number of imidazole rings is 1. The maximum absolute atomic E-state index is 8.86. The lowest BCUT2D eigenvalue weighted by molar-refractivity contribution is 0.301. The lowest BCUT2D eigenvalue weighted by Gasteiger charge is -2.19. The van der Waals surface area contributed by atoms with Gasteiger partial charge in [-0.2, -0.15) is 0 Å². The summed E-state index contributed by atoms with van der Waals surface area (Å²) >= 11 is 5.93. The van der Waals surface area contributed by atoms with Crippen LogP contribution in [0.1, 0.15) is 38.3 Å². The van der Waals surface area contributed by atoms with Crippen molar-refractivity contribution in [3.8, 4) is 5.75 Å². The Morgan fingerprint density at radius 1 is 0.844 bits per heavy atom. The summed E-state index contributed by atoms with van der Waals surface area (Å²) in [5.41, 5.74) is 5.32. The molecule has 1 aromatic heterocycles. The summed E-state index contributed by atoms with van der Waals surface area (Å²) in [7, 11) is 0. The SMILES string of the molecule is CC(C)(C)c1ccc(Cn2c(=N)n(CCCOc3ccc(Cl)cc3)c3ccccc32)cc1. The van der Waals surface area contributed by atoms with Crippen LogP contribution >= 0.6 is 11.6 Å². The van der Waals surface area contributed by atoms with Gasteiger partial charge in [-0.05, 0) is 59.4 Å². The Bertz CT molecular complexity index is 1250. The summed E-state index contributed by atoms with van der Waals surface area (Å²) < 4.78 is 9.99. The summed E-state index contributed by atoms with van der Waals surface area (Å²) in [5.74, 6) is 0.812. The number of nitrogens with one attached hydrogen (secondary N) is 1. The van der Waals surface area contributed by atoms with Crippen molar-refractivity contribution >= 4 is 22.6 Å². The zero-order valence-corrected chi connectivity index (χ0v) is 19.7. The molecule has 0 fully saturated rings. The van der Waals surface area contributed by atoms with Gasteiger partial charge in [-0.25, -0.2) is 0 Å². The monoisotopic (exact) mass is 447 g/mol. The second kappa shape index (κ2) is 9.25. The Balaban J connectivity index is 1.51. The number of fused-ring (bicyclic) bond motifs is 1. The van der Waals surface area contributed by atoms with E-state index in [2.05, 4.69) is 66.3 Å². The minimum absolute atomic E-state index is 0.135. The van der Waals surface area contributed by atoms with E-state index >= 15 is 0 Å². The van der Waals surface area contributed by atoms with Crippen LogP contribution < -0.4 is 10.4 Å². The molecule has 0 bridgehead atoms. The lowest BCUT2D eigenvalue weighted by Crippen LogP contribution is -2.25. The van der Waals surface area contributed by atoms with Crippen LogP contribution in [0.3, 0.4) is 0 Å². The van der Waals surface area contributed by atoms with Gasteiger partial charge in [-0.3, -0.25) is 5.41 Å². The van der Waals surface area contributed by atoms with Crippen molar-refractivity contribution in [3.05, 3.63) is 94.6 Å². The maximum Gasteiger partial charge on any atom is 0.203 e. The van der Waals surface area contributed by atoms with Crippen molar-refractivity contribution in [1.29, 1.82) is 5.41 Å². The molecule has 1 N–H and O–H groups in total. The molecule has 0 aliphatic heterocycles. The average Bonchev–Trinajstić information content (AvgIpc) is 3.03. The molecule has 0 spiro atoms. The Morgan fingerprint density at radius 2 is 1.47 bits per heavy atom. The zero-order valence-electron chi connectivity index (χ0n) is 18.9. The predicted octanol–water partition coefficient (Wildman–Crippen LogP) is 6.39. The van der Waals surface area contributed by atoms with E-state index in [0.29, 0.717) is 23.8 Å². The fraction of sp³-hybridized carbons (Fsp3) is 0.296. The smallest absolute Gasteiger partial charge is 0.203 e. The van der Waals surface area contributed by atoms with Gasteiger partial charge in [0.25, 0.3) is 0 Å². The summed E-state index contributed by atoms with van der Waals surface area (Å²) in [6.07, 6.45) is 0.813. The molecule has 4 aromatic rings. The average molecular weight is 448 g/mol. The highest BCUT2D eigenvalue weighted by Gasteiger charge is 2.14. The lowest BCUT2D eigenvalue weighted by atomic mass is 9.87. The van der Waals surface area contributed by atoms with Crippen molar-refractivity contribution in [2.24, 2.45) is 0 Å². The number of halogens is 1. The van der Waals surface area contributed by atoms with Crippen molar-refractivity contribution in [1.82, 2.24) is 9.13 Å². The van der Waals surface area contributed by atoms with Gasteiger partial charge < -0.3 is 13.9 Å².